The monoisotopic (exact) mass is 341 g/mol. The van der Waals surface area contributed by atoms with Crippen LogP contribution in [0.15, 0.2) is 36.5 Å². The summed E-state index contributed by atoms with van der Waals surface area (Å²) in [6.07, 6.45) is 1.66. The van der Waals surface area contributed by atoms with Gasteiger partial charge in [0.25, 0.3) is 0 Å². The fraction of sp³-hybridized carbons (Fsp3) is 0.143. The third kappa shape index (κ3) is 4.46. The molecule has 0 fully saturated rings. The predicted octanol–water partition coefficient (Wildman–Crippen LogP) is 3.88. The predicted molar refractivity (Wildman–Crippen MR) is 90.3 cm³/mol. The third-order valence-electron chi connectivity index (χ3n) is 2.68. The first-order valence-electron chi connectivity index (χ1n) is 6.08. The molecular formula is C14H13Cl2N3OS. The number of aromatic nitrogens is 1. The molecule has 0 bridgehead atoms. The molecule has 21 heavy (non-hydrogen) atoms. The van der Waals surface area contributed by atoms with Gasteiger partial charge in [0, 0.05) is 22.8 Å². The molecule has 110 valence electrons. The number of nitrogens with one attached hydrogen (secondary N) is 2. The van der Waals surface area contributed by atoms with E-state index in [1.165, 1.54) is 0 Å². The highest BCUT2D eigenvalue weighted by molar-refractivity contribution is 7.80. The molecule has 2 rings (SSSR count). The van der Waals surface area contributed by atoms with Crippen molar-refractivity contribution in [2.45, 2.75) is 6.54 Å². The summed E-state index contributed by atoms with van der Waals surface area (Å²) < 4.78 is 5.19. The molecule has 0 saturated carbocycles. The van der Waals surface area contributed by atoms with E-state index in [-0.39, 0.29) is 0 Å². The van der Waals surface area contributed by atoms with Crippen molar-refractivity contribution in [2.24, 2.45) is 0 Å². The van der Waals surface area contributed by atoms with Crippen molar-refractivity contribution >= 4 is 46.4 Å². The zero-order valence-electron chi connectivity index (χ0n) is 11.2. The minimum atomic E-state index is 0.429. The first kappa shape index (κ1) is 15.8. The number of pyridine rings is 1. The fourth-order valence-corrected chi connectivity index (χ4v) is 2.29. The van der Waals surface area contributed by atoms with Crippen molar-refractivity contribution in [1.29, 1.82) is 0 Å². The van der Waals surface area contributed by atoms with Gasteiger partial charge >= 0.3 is 0 Å². The lowest BCUT2D eigenvalue weighted by atomic mass is 10.2. The number of hydrogen-bond donors (Lipinski definition) is 2. The Kier molecular flexibility index (Phi) is 5.61. The summed E-state index contributed by atoms with van der Waals surface area (Å²) >= 11 is 17.2. The topological polar surface area (TPSA) is 46.2 Å². The third-order valence-corrected chi connectivity index (χ3v) is 3.51. The van der Waals surface area contributed by atoms with Crippen molar-refractivity contribution in [3.8, 4) is 5.75 Å². The summed E-state index contributed by atoms with van der Waals surface area (Å²) in [6, 6.07) is 8.91. The Bertz CT molecular complexity index is 652. The van der Waals surface area contributed by atoms with Crippen molar-refractivity contribution in [3.63, 3.8) is 0 Å². The number of hydrogen-bond acceptors (Lipinski definition) is 3. The van der Waals surface area contributed by atoms with Gasteiger partial charge in [0.2, 0.25) is 0 Å². The van der Waals surface area contributed by atoms with E-state index >= 15 is 0 Å². The highest BCUT2D eigenvalue weighted by Gasteiger charge is 2.06. The number of benzene rings is 1. The van der Waals surface area contributed by atoms with E-state index in [4.69, 9.17) is 40.2 Å². The lowest BCUT2D eigenvalue weighted by Crippen LogP contribution is -2.28. The summed E-state index contributed by atoms with van der Waals surface area (Å²) in [4.78, 5) is 4.17. The van der Waals surface area contributed by atoms with Gasteiger partial charge in [-0.25, -0.2) is 4.98 Å². The van der Waals surface area contributed by atoms with Gasteiger partial charge in [-0.3, -0.25) is 0 Å². The van der Waals surface area contributed by atoms with E-state index in [9.17, 15) is 0 Å². The van der Waals surface area contributed by atoms with E-state index in [2.05, 4.69) is 15.6 Å². The minimum Gasteiger partial charge on any atom is -0.493 e. The number of thiocarbonyl (C=S) groups is 1. The molecule has 0 amide bonds. The lowest BCUT2D eigenvalue weighted by Gasteiger charge is -2.13. The van der Waals surface area contributed by atoms with E-state index < -0.39 is 0 Å². The second-order valence-corrected chi connectivity index (χ2v) is 5.35. The molecule has 1 aromatic carbocycles. The minimum absolute atomic E-state index is 0.429. The SMILES string of the molecule is COc1cccnc1NC(=S)NCc1ccc(Cl)cc1Cl. The van der Waals surface area contributed by atoms with Crippen LogP contribution in [-0.4, -0.2) is 17.2 Å². The maximum absolute atomic E-state index is 6.10. The number of methoxy groups -OCH3 is 1. The van der Waals surface area contributed by atoms with Crippen LogP contribution < -0.4 is 15.4 Å². The summed E-state index contributed by atoms with van der Waals surface area (Å²) in [5.41, 5.74) is 0.901. The maximum atomic E-state index is 6.10. The Hall–Kier alpha value is -1.56. The Morgan fingerprint density at radius 2 is 2.14 bits per heavy atom. The summed E-state index contributed by atoms with van der Waals surface area (Å²) in [5.74, 6) is 1.17. The molecule has 1 aromatic heterocycles. The summed E-state index contributed by atoms with van der Waals surface area (Å²) in [7, 11) is 1.58. The average molecular weight is 342 g/mol. The van der Waals surface area contributed by atoms with Crippen LogP contribution >= 0.6 is 35.4 Å². The van der Waals surface area contributed by atoms with E-state index in [1.807, 2.05) is 6.07 Å². The highest BCUT2D eigenvalue weighted by atomic mass is 35.5. The molecule has 2 N–H and O–H groups in total. The standard InChI is InChI=1S/C14H13Cl2N3OS/c1-20-12-3-2-6-17-13(12)19-14(21)18-8-9-4-5-10(15)7-11(9)16/h2-7H,8H2,1H3,(H2,17,18,19,21). The molecule has 0 spiro atoms. The smallest absolute Gasteiger partial charge is 0.174 e. The molecule has 0 aliphatic heterocycles. The second-order valence-electron chi connectivity index (χ2n) is 4.10. The van der Waals surface area contributed by atoms with E-state index in [0.717, 1.165) is 5.56 Å². The largest absolute Gasteiger partial charge is 0.493 e. The fourth-order valence-electron chi connectivity index (χ4n) is 1.64. The van der Waals surface area contributed by atoms with Crippen molar-refractivity contribution in [2.75, 3.05) is 12.4 Å². The van der Waals surface area contributed by atoms with Crippen LogP contribution in [0.1, 0.15) is 5.56 Å². The van der Waals surface area contributed by atoms with Crippen LogP contribution in [0.3, 0.4) is 0 Å². The van der Waals surface area contributed by atoms with Crippen LogP contribution in [0, 0.1) is 0 Å². The first-order valence-corrected chi connectivity index (χ1v) is 7.24. The molecule has 0 saturated heterocycles. The van der Waals surface area contributed by atoms with Gasteiger partial charge in [0.1, 0.15) is 0 Å². The number of anilines is 1. The molecule has 1 heterocycles. The van der Waals surface area contributed by atoms with Crippen LogP contribution in [0.4, 0.5) is 5.82 Å². The molecule has 0 aliphatic carbocycles. The number of halogens is 2. The number of nitrogens with zero attached hydrogens (tertiary/aromatic N) is 1. The van der Waals surface area contributed by atoms with Crippen molar-refractivity contribution < 1.29 is 4.74 Å². The van der Waals surface area contributed by atoms with Gasteiger partial charge < -0.3 is 15.4 Å². The second kappa shape index (κ2) is 7.45. The highest BCUT2D eigenvalue weighted by Crippen LogP contribution is 2.21. The van der Waals surface area contributed by atoms with Gasteiger partial charge in [-0.2, -0.15) is 0 Å². The van der Waals surface area contributed by atoms with Crippen molar-refractivity contribution in [3.05, 3.63) is 52.1 Å². The van der Waals surface area contributed by atoms with E-state index in [1.54, 1.807) is 37.6 Å². The normalized spacial score (nSPS) is 10.0. The lowest BCUT2D eigenvalue weighted by molar-refractivity contribution is 0.415. The van der Waals surface area contributed by atoms with E-state index in [0.29, 0.717) is 33.3 Å². The number of ether oxygens (including phenoxy) is 1. The van der Waals surface area contributed by atoms with Crippen molar-refractivity contribution in [1.82, 2.24) is 10.3 Å². The summed E-state index contributed by atoms with van der Waals surface area (Å²) in [5, 5.41) is 7.65. The zero-order chi connectivity index (χ0) is 15.2. The maximum Gasteiger partial charge on any atom is 0.174 e. The van der Waals surface area contributed by atoms with Gasteiger partial charge in [-0.1, -0.05) is 29.3 Å². The van der Waals surface area contributed by atoms with Gasteiger partial charge in [-0.05, 0) is 42.0 Å². The molecule has 0 atom stereocenters. The van der Waals surface area contributed by atoms with Gasteiger partial charge in [0.05, 0.1) is 7.11 Å². The Morgan fingerprint density at radius 3 is 2.86 bits per heavy atom. The molecule has 2 aromatic rings. The van der Waals surface area contributed by atoms with Crippen LogP contribution in [0.2, 0.25) is 10.0 Å². The van der Waals surface area contributed by atoms with Gasteiger partial charge in [0.15, 0.2) is 16.7 Å². The van der Waals surface area contributed by atoms with Crippen LogP contribution in [0.5, 0.6) is 5.75 Å². The Balaban J connectivity index is 1.96. The Morgan fingerprint density at radius 1 is 1.33 bits per heavy atom. The van der Waals surface area contributed by atoms with Crippen LogP contribution in [-0.2, 0) is 6.54 Å². The number of rotatable bonds is 4. The first-order chi connectivity index (χ1) is 10.1. The Labute approximate surface area is 138 Å². The molecule has 7 heteroatoms. The quantitative estimate of drug-likeness (QED) is 0.826. The molecule has 0 radical (unpaired) electrons. The molecule has 0 aliphatic rings. The average Bonchev–Trinajstić information content (AvgIpc) is 2.47. The molecule has 0 unspecified atom stereocenters. The molecule has 4 nitrogen and oxygen atoms in total. The van der Waals surface area contributed by atoms with Crippen LogP contribution in [0.25, 0.3) is 0 Å². The van der Waals surface area contributed by atoms with Gasteiger partial charge in [-0.15, -0.1) is 0 Å². The zero-order valence-corrected chi connectivity index (χ0v) is 13.5. The molecular weight excluding hydrogens is 329 g/mol. The summed E-state index contributed by atoms with van der Waals surface area (Å²) in [6.45, 7) is 0.483.